The van der Waals surface area contributed by atoms with Crippen molar-refractivity contribution < 1.29 is 24.2 Å². The first kappa shape index (κ1) is 25.4. The molecule has 2 amide bonds. The van der Waals surface area contributed by atoms with Gasteiger partial charge in [-0.2, -0.15) is 0 Å². The number of halogens is 1. The number of aliphatic hydroxyl groups is 1. The molecule has 1 spiro atoms. The molecule has 6 atom stereocenters. The van der Waals surface area contributed by atoms with Gasteiger partial charge in [-0.1, -0.05) is 55.0 Å². The summed E-state index contributed by atoms with van der Waals surface area (Å²) in [6, 6.07) is 5.68. The van der Waals surface area contributed by atoms with E-state index in [2.05, 4.69) is 6.08 Å². The lowest BCUT2D eigenvalue weighted by molar-refractivity contribution is -0.154. The van der Waals surface area contributed by atoms with Gasteiger partial charge in [0.1, 0.15) is 6.04 Å². The van der Waals surface area contributed by atoms with Gasteiger partial charge in [-0.3, -0.25) is 14.4 Å². The number of carbonyl (C=O) groups is 3. The third-order valence-corrected chi connectivity index (χ3v) is 10.0. The molecule has 2 saturated heterocycles. The van der Waals surface area contributed by atoms with Crippen molar-refractivity contribution in [1.29, 1.82) is 0 Å². The van der Waals surface area contributed by atoms with Gasteiger partial charge < -0.3 is 19.6 Å². The number of likely N-dealkylation sites (tertiary alicyclic amines) is 1. The molecule has 4 heterocycles. The number of fused-ring (bicyclic) bond motifs is 2. The Balaban J connectivity index is 1.69. The Labute approximate surface area is 220 Å². The number of carbonyl (C=O) groups excluding carboxylic acids is 3. The number of esters is 1. The summed E-state index contributed by atoms with van der Waals surface area (Å²) in [6.07, 6.45) is 9.90. The van der Waals surface area contributed by atoms with E-state index in [1.54, 1.807) is 28.0 Å². The van der Waals surface area contributed by atoms with Gasteiger partial charge in [0, 0.05) is 11.3 Å². The van der Waals surface area contributed by atoms with E-state index in [9.17, 15) is 19.5 Å². The molecule has 0 aliphatic carbocycles. The molecule has 0 bridgehead atoms. The molecule has 192 valence electrons. The maximum Gasteiger partial charge on any atom is 0.311 e. The third-order valence-electron chi connectivity index (χ3n) is 7.91. The van der Waals surface area contributed by atoms with Crippen molar-refractivity contribution in [2.24, 2.45) is 11.8 Å². The number of cyclic esters (lactones) is 1. The summed E-state index contributed by atoms with van der Waals surface area (Å²) >= 11 is 7.99. The van der Waals surface area contributed by atoms with E-state index in [0.717, 1.165) is 12.8 Å². The van der Waals surface area contributed by atoms with Gasteiger partial charge in [0.2, 0.25) is 5.91 Å². The molecule has 5 rings (SSSR count). The molecule has 2 fully saturated rings. The summed E-state index contributed by atoms with van der Waals surface area (Å²) in [5, 5.41) is 10.7. The van der Waals surface area contributed by atoms with Crippen LogP contribution < -0.4 is 4.90 Å². The Hall–Kier alpha value is -2.29. The number of amides is 2. The first-order valence-electron chi connectivity index (χ1n) is 12.5. The summed E-state index contributed by atoms with van der Waals surface area (Å²) in [4.78, 5) is 45.2. The van der Waals surface area contributed by atoms with Crippen molar-refractivity contribution in [1.82, 2.24) is 4.90 Å². The van der Waals surface area contributed by atoms with Gasteiger partial charge in [-0.25, -0.2) is 0 Å². The van der Waals surface area contributed by atoms with Crippen LogP contribution in [0.25, 0.3) is 0 Å². The number of rotatable bonds is 4. The number of anilines is 1. The minimum absolute atomic E-state index is 0.268. The quantitative estimate of drug-likeness (QED) is 0.473. The van der Waals surface area contributed by atoms with E-state index in [0.29, 0.717) is 23.7 Å². The Bertz CT molecular complexity index is 1140. The Morgan fingerprint density at radius 3 is 2.67 bits per heavy atom. The predicted octanol–water partition coefficient (Wildman–Crippen LogP) is 3.59. The molecule has 1 N–H and O–H groups in total. The minimum Gasteiger partial charge on any atom is -0.465 e. The zero-order valence-electron chi connectivity index (χ0n) is 20.4. The second kappa shape index (κ2) is 9.54. The standard InChI is InChI=1S/C27H31ClN2O5S/c1-3-17(16-31)30-22-24(33)29(19-11-6-5-10-18(19)28)14-9-13-27(22)20(23(30)32)21-25(34)35-15-8-4-7-12-26(21,2)36-27/h5-7,9-13,17,20-22,31H,3-4,8,14-16H2,1-2H3/b12-7-/t17-,20-,21-,22?,26+,27-/m0/s1. The lowest BCUT2D eigenvalue weighted by atomic mass is 9.74. The maximum atomic E-state index is 14.4. The van der Waals surface area contributed by atoms with Crippen LogP contribution in [0.1, 0.15) is 33.1 Å². The first-order chi connectivity index (χ1) is 17.3. The largest absolute Gasteiger partial charge is 0.465 e. The van der Waals surface area contributed by atoms with Crippen LogP contribution in [0.2, 0.25) is 5.02 Å². The molecule has 36 heavy (non-hydrogen) atoms. The fourth-order valence-electron chi connectivity index (χ4n) is 6.27. The third kappa shape index (κ3) is 3.72. The molecule has 4 aliphatic heterocycles. The molecule has 9 heteroatoms. The molecule has 1 aromatic carbocycles. The summed E-state index contributed by atoms with van der Waals surface area (Å²) in [7, 11) is 0. The Morgan fingerprint density at radius 1 is 1.17 bits per heavy atom. The molecule has 0 saturated carbocycles. The fourth-order valence-corrected chi connectivity index (χ4v) is 8.64. The maximum absolute atomic E-state index is 14.4. The normalized spacial score (nSPS) is 35.7. The van der Waals surface area contributed by atoms with Crippen molar-refractivity contribution in [3.8, 4) is 0 Å². The highest BCUT2D eigenvalue weighted by Crippen LogP contribution is 2.65. The lowest BCUT2D eigenvalue weighted by Gasteiger charge is -2.39. The number of thioether (sulfide) groups is 1. The molecule has 1 aromatic rings. The van der Waals surface area contributed by atoms with Gasteiger partial charge in [-0.15, -0.1) is 11.8 Å². The Kier molecular flexibility index (Phi) is 6.72. The minimum atomic E-state index is -0.991. The van der Waals surface area contributed by atoms with Crippen molar-refractivity contribution in [3.63, 3.8) is 0 Å². The number of nitrogens with zero attached hydrogens (tertiary/aromatic N) is 2. The van der Waals surface area contributed by atoms with Crippen LogP contribution in [0, 0.1) is 11.8 Å². The number of para-hydroxylation sites is 1. The SMILES string of the molecule is CC[C@@H](CO)N1C(=O)[C@@H]2[C@H]3C(=O)OCCC/C=C\[C@@]3(C)S[C@@]23C=CCN(c2ccccc2Cl)C(=O)C13. The van der Waals surface area contributed by atoms with Crippen molar-refractivity contribution in [2.45, 2.75) is 54.7 Å². The molecular formula is C27H31ClN2O5S. The molecule has 7 nitrogen and oxygen atoms in total. The molecule has 0 aromatic heterocycles. The topological polar surface area (TPSA) is 87.2 Å². The smallest absolute Gasteiger partial charge is 0.311 e. The summed E-state index contributed by atoms with van der Waals surface area (Å²) in [5.74, 6) is -2.50. The number of aliphatic hydroxyl groups excluding tert-OH is 1. The van der Waals surface area contributed by atoms with E-state index in [1.807, 2.05) is 38.1 Å². The van der Waals surface area contributed by atoms with E-state index < -0.39 is 39.4 Å². The number of hydrogen-bond donors (Lipinski definition) is 1. The van der Waals surface area contributed by atoms with E-state index in [1.165, 1.54) is 11.8 Å². The van der Waals surface area contributed by atoms with Crippen LogP contribution >= 0.6 is 23.4 Å². The van der Waals surface area contributed by atoms with Gasteiger partial charge in [0.05, 0.1) is 46.5 Å². The number of hydrogen-bond acceptors (Lipinski definition) is 6. The van der Waals surface area contributed by atoms with Gasteiger partial charge in [0.15, 0.2) is 0 Å². The molecule has 4 aliphatic rings. The average Bonchev–Trinajstić information content (AvgIpc) is 3.21. The van der Waals surface area contributed by atoms with Crippen LogP contribution in [0.5, 0.6) is 0 Å². The van der Waals surface area contributed by atoms with E-state index in [-0.39, 0.29) is 25.0 Å². The lowest BCUT2D eigenvalue weighted by Crippen LogP contribution is -2.56. The highest BCUT2D eigenvalue weighted by Gasteiger charge is 2.74. The number of allylic oxidation sites excluding steroid dienone is 1. The highest BCUT2D eigenvalue weighted by molar-refractivity contribution is 8.02. The van der Waals surface area contributed by atoms with Gasteiger partial charge in [0.25, 0.3) is 5.91 Å². The van der Waals surface area contributed by atoms with Gasteiger partial charge in [-0.05, 0) is 38.3 Å². The highest BCUT2D eigenvalue weighted by atomic mass is 35.5. The zero-order chi connectivity index (χ0) is 25.7. The van der Waals surface area contributed by atoms with Crippen LogP contribution in [-0.4, -0.2) is 69.1 Å². The van der Waals surface area contributed by atoms with Crippen molar-refractivity contribution >= 4 is 46.8 Å². The summed E-state index contributed by atoms with van der Waals surface area (Å²) < 4.78 is 3.92. The summed E-state index contributed by atoms with van der Waals surface area (Å²) in [6.45, 7) is 4.15. The summed E-state index contributed by atoms with van der Waals surface area (Å²) in [5.41, 5.74) is 0.565. The van der Waals surface area contributed by atoms with Crippen molar-refractivity contribution in [2.75, 3.05) is 24.7 Å². The van der Waals surface area contributed by atoms with E-state index in [4.69, 9.17) is 16.3 Å². The Morgan fingerprint density at radius 2 is 1.94 bits per heavy atom. The molecular weight excluding hydrogens is 500 g/mol. The van der Waals surface area contributed by atoms with Crippen molar-refractivity contribution in [3.05, 3.63) is 53.6 Å². The average molecular weight is 531 g/mol. The second-order valence-corrected chi connectivity index (χ2v) is 12.2. The second-order valence-electron chi connectivity index (χ2n) is 10.0. The van der Waals surface area contributed by atoms with Crippen LogP contribution in [0.4, 0.5) is 5.69 Å². The fraction of sp³-hybridized carbons (Fsp3) is 0.519. The molecule has 0 radical (unpaired) electrons. The predicted molar refractivity (Wildman–Crippen MR) is 140 cm³/mol. The number of benzene rings is 1. The molecule has 1 unspecified atom stereocenters. The zero-order valence-corrected chi connectivity index (χ0v) is 22.0. The first-order valence-corrected chi connectivity index (χ1v) is 13.7. The van der Waals surface area contributed by atoms with Crippen LogP contribution in [0.15, 0.2) is 48.6 Å². The number of ether oxygens (including phenoxy) is 1. The van der Waals surface area contributed by atoms with Gasteiger partial charge >= 0.3 is 5.97 Å². The van der Waals surface area contributed by atoms with Crippen LogP contribution in [-0.2, 0) is 19.1 Å². The monoisotopic (exact) mass is 530 g/mol. The van der Waals surface area contributed by atoms with E-state index >= 15 is 0 Å². The van der Waals surface area contributed by atoms with Crippen LogP contribution in [0.3, 0.4) is 0 Å².